The predicted octanol–water partition coefficient (Wildman–Crippen LogP) is 2.13. The van der Waals surface area contributed by atoms with Crippen LogP contribution in [0.3, 0.4) is 0 Å². The first-order chi connectivity index (χ1) is 14.1. The number of likely N-dealkylation sites (tertiary alicyclic amines) is 1. The van der Waals surface area contributed by atoms with Crippen LogP contribution in [-0.2, 0) is 16.1 Å². The van der Waals surface area contributed by atoms with Crippen molar-refractivity contribution < 1.29 is 18.7 Å². The van der Waals surface area contributed by atoms with E-state index in [4.69, 9.17) is 9.47 Å². The number of carbonyl (C=O) groups is 1. The van der Waals surface area contributed by atoms with Crippen LogP contribution >= 0.6 is 0 Å². The molecular formula is C21H27FN4O3. The van der Waals surface area contributed by atoms with Crippen LogP contribution in [0.4, 0.5) is 4.39 Å². The molecule has 0 spiro atoms. The summed E-state index contributed by atoms with van der Waals surface area (Å²) in [6, 6.07) is 8.23. The number of aromatic amines is 1. The van der Waals surface area contributed by atoms with E-state index in [1.165, 1.54) is 12.1 Å². The number of nitrogens with one attached hydrogen (secondary N) is 1. The van der Waals surface area contributed by atoms with Gasteiger partial charge in [-0.3, -0.25) is 14.8 Å². The molecule has 1 N–H and O–H groups in total. The van der Waals surface area contributed by atoms with Crippen LogP contribution in [-0.4, -0.2) is 70.9 Å². The van der Waals surface area contributed by atoms with Crippen LogP contribution in [0.2, 0.25) is 0 Å². The lowest BCUT2D eigenvalue weighted by Gasteiger charge is -2.42. The van der Waals surface area contributed by atoms with E-state index >= 15 is 0 Å². The summed E-state index contributed by atoms with van der Waals surface area (Å²) in [6.45, 7) is 5.68. The normalized spacial score (nSPS) is 21.5. The second-order valence-electron chi connectivity index (χ2n) is 7.79. The monoisotopic (exact) mass is 402 g/mol. The Morgan fingerprint density at radius 3 is 2.72 bits per heavy atom. The molecule has 2 aliphatic heterocycles. The molecule has 3 heterocycles. The van der Waals surface area contributed by atoms with Crippen molar-refractivity contribution in [3.63, 3.8) is 0 Å². The number of rotatable bonds is 6. The molecule has 0 radical (unpaired) electrons. The Labute approximate surface area is 169 Å². The lowest BCUT2D eigenvalue weighted by atomic mass is 10.0. The molecule has 1 aromatic heterocycles. The highest BCUT2D eigenvalue weighted by atomic mass is 19.1. The minimum atomic E-state index is -0.295. The summed E-state index contributed by atoms with van der Waals surface area (Å²) in [5.74, 6) is 0.349. The van der Waals surface area contributed by atoms with Gasteiger partial charge in [0.1, 0.15) is 30.9 Å². The number of nitrogens with zero attached hydrogens (tertiary/aromatic N) is 3. The number of aromatic nitrogens is 2. The zero-order chi connectivity index (χ0) is 20.2. The molecule has 0 unspecified atom stereocenters. The molecule has 29 heavy (non-hydrogen) atoms. The third-order valence-electron chi connectivity index (χ3n) is 5.56. The summed E-state index contributed by atoms with van der Waals surface area (Å²) in [5.41, 5.74) is 2.13. The molecule has 1 amide bonds. The fourth-order valence-electron chi connectivity index (χ4n) is 3.99. The number of benzene rings is 1. The molecule has 0 saturated carbocycles. The van der Waals surface area contributed by atoms with Crippen molar-refractivity contribution >= 4 is 5.91 Å². The van der Waals surface area contributed by atoms with Gasteiger partial charge in [0.05, 0.1) is 12.2 Å². The summed E-state index contributed by atoms with van der Waals surface area (Å²) in [6.07, 6.45) is 1.71. The fourth-order valence-corrected chi connectivity index (χ4v) is 3.99. The molecule has 2 aromatic rings. The Balaban J connectivity index is 1.26. The summed E-state index contributed by atoms with van der Waals surface area (Å²) in [4.78, 5) is 16.8. The van der Waals surface area contributed by atoms with Gasteiger partial charge in [-0.15, -0.1) is 0 Å². The Morgan fingerprint density at radius 2 is 2.03 bits per heavy atom. The number of morpholine rings is 1. The molecule has 1 atom stereocenters. The van der Waals surface area contributed by atoms with Gasteiger partial charge in [-0.05, 0) is 50.1 Å². The Hall–Kier alpha value is -2.45. The van der Waals surface area contributed by atoms with Crippen LogP contribution in [0.5, 0.6) is 5.75 Å². The minimum Gasteiger partial charge on any atom is -0.491 e. The maximum absolute atomic E-state index is 13.0. The van der Waals surface area contributed by atoms with Gasteiger partial charge in [-0.25, -0.2) is 4.39 Å². The van der Waals surface area contributed by atoms with Crippen molar-refractivity contribution in [1.29, 1.82) is 0 Å². The van der Waals surface area contributed by atoms with Gasteiger partial charge in [-0.2, -0.15) is 5.10 Å². The molecular weight excluding hydrogens is 375 g/mol. The number of hydrogen-bond acceptors (Lipinski definition) is 5. The molecule has 7 nitrogen and oxygen atoms in total. The third-order valence-corrected chi connectivity index (χ3v) is 5.56. The van der Waals surface area contributed by atoms with Crippen molar-refractivity contribution in [3.05, 3.63) is 47.5 Å². The first kappa shape index (κ1) is 19.8. The molecule has 0 bridgehead atoms. The predicted molar refractivity (Wildman–Crippen MR) is 105 cm³/mol. The average molecular weight is 402 g/mol. The van der Waals surface area contributed by atoms with E-state index in [9.17, 15) is 9.18 Å². The van der Waals surface area contributed by atoms with E-state index in [-0.39, 0.29) is 30.5 Å². The first-order valence-electron chi connectivity index (χ1n) is 10.1. The van der Waals surface area contributed by atoms with Gasteiger partial charge in [0.2, 0.25) is 5.91 Å². The van der Waals surface area contributed by atoms with Gasteiger partial charge in [0.25, 0.3) is 0 Å². The largest absolute Gasteiger partial charge is 0.491 e. The van der Waals surface area contributed by atoms with Crippen molar-refractivity contribution in [1.82, 2.24) is 20.0 Å². The lowest BCUT2D eigenvalue weighted by molar-refractivity contribution is -0.155. The maximum atomic E-state index is 13.0. The Bertz CT molecular complexity index is 818. The molecule has 2 saturated heterocycles. The number of carbonyl (C=O) groups excluding carboxylic acids is 1. The van der Waals surface area contributed by atoms with Gasteiger partial charge in [0.15, 0.2) is 0 Å². The van der Waals surface area contributed by atoms with Gasteiger partial charge in [-0.1, -0.05) is 0 Å². The van der Waals surface area contributed by atoms with Crippen molar-refractivity contribution in [2.45, 2.75) is 38.5 Å². The van der Waals surface area contributed by atoms with Crippen LogP contribution in [0.25, 0.3) is 0 Å². The molecule has 2 aliphatic rings. The minimum absolute atomic E-state index is 0.0457. The number of aryl methyl sites for hydroxylation is 1. The zero-order valence-electron chi connectivity index (χ0n) is 16.6. The second kappa shape index (κ2) is 8.92. The van der Waals surface area contributed by atoms with Gasteiger partial charge < -0.3 is 14.4 Å². The first-order valence-corrected chi connectivity index (χ1v) is 10.1. The van der Waals surface area contributed by atoms with Crippen molar-refractivity contribution in [2.75, 3.05) is 32.8 Å². The molecule has 156 valence electrons. The lowest BCUT2D eigenvalue weighted by Crippen LogP contribution is -2.55. The van der Waals surface area contributed by atoms with Crippen molar-refractivity contribution in [2.24, 2.45) is 0 Å². The van der Waals surface area contributed by atoms with E-state index < -0.39 is 0 Å². The zero-order valence-corrected chi connectivity index (χ0v) is 16.6. The summed E-state index contributed by atoms with van der Waals surface area (Å²) >= 11 is 0. The fraction of sp³-hybridized carbons (Fsp3) is 0.524. The summed E-state index contributed by atoms with van der Waals surface area (Å²) < 4.78 is 24.4. The number of ether oxygens (including phenoxy) is 2. The quantitative estimate of drug-likeness (QED) is 0.802. The second-order valence-corrected chi connectivity index (χ2v) is 7.79. The third kappa shape index (κ3) is 5.13. The Kier molecular flexibility index (Phi) is 6.10. The highest BCUT2D eigenvalue weighted by molar-refractivity contribution is 5.78. The van der Waals surface area contributed by atoms with E-state index in [2.05, 4.69) is 21.2 Å². The topological polar surface area (TPSA) is 70.7 Å². The van der Waals surface area contributed by atoms with Crippen LogP contribution in [0.1, 0.15) is 24.2 Å². The number of piperidine rings is 1. The van der Waals surface area contributed by atoms with Gasteiger partial charge in [0, 0.05) is 31.4 Å². The molecule has 1 aromatic carbocycles. The SMILES string of the molecule is Cc1cc(CN2CCC(N3C[C@@H](COc4ccc(F)cc4)OCC3=O)CC2)n[nH]1. The highest BCUT2D eigenvalue weighted by Gasteiger charge is 2.33. The number of amides is 1. The molecule has 0 aliphatic carbocycles. The van der Waals surface area contributed by atoms with Crippen molar-refractivity contribution in [3.8, 4) is 5.75 Å². The molecule has 8 heteroatoms. The molecule has 4 rings (SSSR count). The van der Waals surface area contributed by atoms with E-state index in [1.807, 2.05) is 11.8 Å². The van der Waals surface area contributed by atoms with E-state index in [0.717, 1.165) is 43.9 Å². The van der Waals surface area contributed by atoms with E-state index in [0.29, 0.717) is 18.9 Å². The standard InChI is InChI=1S/C21H27FN4O3/c1-15-10-17(24-23-15)11-25-8-6-18(7-9-25)26-12-20(29-14-21(26)27)13-28-19-4-2-16(22)3-5-19/h2-5,10,18,20H,6-9,11-14H2,1H3,(H,23,24)/t20-/m0/s1. The number of halogens is 1. The summed E-state index contributed by atoms with van der Waals surface area (Å²) in [7, 11) is 0. The number of H-pyrrole nitrogens is 1. The van der Waals surface area contributed by atoms with Crippen LogP contribution in [0.15, 0.2) is 30.3 Å². The smallest absolute Gasteiger partial charge is 0.248 e. The number of hydrogen-bond donors (Lipinski definition) is 1. The van der Waals surface area contributed by atoms with Crippen LogP contribution in [0, 0.1) is 12.7 Å². The maximum Gasteiger partial charge on any atom is 0.248 e. The molecule has 2 fully saturated rings. The van der Waals surface area contributed by atoms with E-state index in [1.54, 1.807) is 12.1 Å². The highest BCUT2D eigenvalue weighted by Crippen LogP contribution is 2.22. The summed E-state index contributed by atoms with van der Waals surface area (Å²) in [5, 5.41) is 7.29. The van der Waals surface area contributed by atoms with Crippen LogP contribution < -0.4 is 4.74 Å². The van der Waals surface area contributed by atoms with Gasteiger partial charge >= 0.3 is 0 Å². The average Bonchev–Trinajstić information content (AvgIpc) is 3.14. The Morgan fingerprint density at radius 1 is 1.28 bits per heavy atom.